The van der Waals surface area contributed by atoms with Crippen LogP contribution in [-0.4, -0.2) is 21.2 Å². The number of benzene rings is 2. The third-order valence-electron chi connectivity index (χ3n) is 4.24. The van der Waals surface area contributed by atoms with Crippen molar-refractivity contribution in [1.29, 1.82) is 0 Å². The average molecular weight is 426 g/mol. The zero-order chi connectivity index (χ0) is 20.4. The van der Waals surface area contributed by atoms with Crippen molar-refractivity contribution in [3.63, 3.8) is 0 Å². The number of rotatable bonds is 5. The smallest absolute Gasteiger partial charge is 0.296 e. The summed E-state index contributed by atoms with van der Waals surface area (Å²) in [6.45, 7) is 2.42. The van der Waals surface area contributed by atoms with Gasteiger partial charge in [0.05, 0.1) is 11.1 Å². The number of aromatic nitrogens is 3. The average Bonchev–Trinajstić information content (AvgIpc) is 3.00. The lowest BCUT2D eigenvalue weighted by atomic mass is 10.1. The zero-order valence-electron chi connectivity index (χ0n) is 15.5. The van der Waals surface area contributed by atoms with Gasteiger partial charge in [0.1, 0.15) is 11.4 Å². The van der Waals surface area contributed by atoms with Gasteiger partial charge in [0.15, 0.2) is 0 Å². The van der Waals surface area contributed by atoms with E-state index in [-0.39, 0.29) is 22.6 Å². The molecule has 2 aromatic carbocycles. The third kappa shape index (κ3) is 4.06. The third-order valence-corrected chi connectivity index (χ3v) is 5.45. The lowest BCUT2D eigenvalue weighted by Crippen LogP contribution is -2.28. The van der Waals surface area contributed by atoms with E-state index in [2.05, 4.69) is 10.1 Å². The number of nitrogens with zero attached hydrogens (tertiary/aromatic N) is 3. The van der Waals surface area contributed by atoms with Gasteiger partial charge in [0.25, 0.3) is 11.1 Å². The first-order valence-corrected chi connectivity index (χ1v) is 10.2. The van der Waals surface area contributed by atoms with Crippen LogP contribution < -0.4 is 20.4 Å². The molecule has 0 saturated heterocycles. The molecule has 0 fully saturated rings. The Hall–Kier alpha value is -3.03. The molecule has 2 aromatic heterocycles. The Morgan fingerprint density at radius 3 is 2.66 bits per heavy atom. The van der Waals surface area contributed by atoms with Crippen molar-refractivity contribution in [2.24, 2.45) is 0 Å². The van der Waals surface area contributed by atoms with E-state index < -0.39 is 5.56 Å². The van der Waals surface area contributed by atoms with Crippen molar-refractivity contribution >= 4 is 34.0 Å². The van der Waals surface area contributed by atoms with E-state index in [0.717, 1.165) is 22.5 Å². The van der Waals surface area contributed by atoms with Crippen molar-refractivity contribution in [3.8, 4) is 5.75 Å². The van der Waals surface area contributed by atoms with Gasteiger partial charge in [-0.2, -0.15) is 14.6 Å². The normalized spacial score (nSPS) is 11.9. The van der Waals surface area contributed by atoms with Gasteiger partial charge in [-0.1, -0.05) is 53.3 Å². The quantitative estimate of drug-likeness (QED) is 0.491. The molecule has 0 spiro atoms. The first-order valence-electron chi connectivity index (χ1n) is 8.96. The van der Waals surface area contributed by atoms with Gasteiger partial charge in [-0.05, 0) is 36.8 Å². The van der Waals surface area contributed by atoms with Gasteiger partial charge < -0.3 is 4.74 Å². The predicted molar refractivity (Wildman–Crippen MR) is 114 cm³/mol. The van der Waals surface area contributed by atoms with E-state index in [1.54, 1.807) is 18.2 Å². The van der Waals surface area contributed by atoms with E-state index >= 15 is 0 Å². The fourth-order valence-electron chi connectivity index (χ4n) is 2.88. The minimum atomic E-state index is -0.442. The molecular weight excluding hydrogens is 410 g/mol. The van der Waals surface area contributed by atoms with Crippen molar-refractivity contribution in [1.82, 2.24) is 14.6 Å². The Kier molecular flexibility index (Phi) is 5.42. The van der Waals surface area contributed by atoms with Crippen molar-refractivity contribution in [2.75, 3.05) is 6.61 Å². The molecule has 2 heterocycles. The maximum Gasteiger partial charge on any atom is 0.296 e. The molecule has 0 atom stereocenters. The predicted octanol–water partition coefficient (Wildman–Crippen LogP) is 2.70. The Morgan fingerprint density at radius 1 is 1.14 bits per heavy atom. The first kappa shape index (κ1) is 19.3. The SMILES string of the molecule is CCOc1ccccc1/C=c1\sc2nc(=O)c(Cc3ccc(Cl)cc3)nn2c1=O. The van der Waals surface area contributed by atoms with E-state index in [1.807, 2.05) is 43.3 Å². The molecule has 4 rings (SSSR count). The molecular formula is C21H16ClN3O3S. The zero-order valence-corrected chi connectivity index (χ0v) is 17.0. The van der Waals surface area contributed by atoms with Crippen molar-refractivity contribution in [2.45, 2.75) is 13.3 Å². The number of fused-ring (bicyclic) bond motifs is 1. The summed E-state index contributed by atoms with van der Waals surface area (Å²) in [7, 11) is 0. The maximum absolute atomic E-state index is 12.8. The van der Waals surface area contributed by atoms with Gasteiger partial charge in [-0.3, -0.25) is 9.59 Å². The van der Waals surface area contributed by atoms with Gasteiger partial charge >= 0.3 is 0 Å². The summed E-state index contributed by atoms with van der Waals surface area (Å²) < 4.78 is 7.23. The molecule has 0 saturated carbocycles. The van der Waals surface area contributed by atoms with Crippen LogP contribution in [0.3, 0.4) is 0 Å². The summed E-state index contributed by atoms with van der Waals surface area (Å²) in [5.74, 6) is 0.686. The molecule has 0 aliphatic carbocycles. The van der Waals surface area contributed by atoms with Gasteiger partial charge in [0, 0.05) is 17.0 Å². The topological polar surface area (TPSA) is 73.6 Å². The van der Waals surface area contributed by atoms with Crippen LogP contribution in [-0.2, 0) is 6.42 Å². The number of para-hydroxylation sites is 1. The highest BCUT2D eigenvalue weighted by Crippen LogP contribution is 2.18. The Balaban J connectivity index is 1.79. The standard InChI is InChI=1S/C21H16ClN3O3S/c1-2-28-17-6-4-3-5-14(17)12-18-20(27)25-21(29-18)23-19(26)16(24-25)11-13-7-9-15(22)10-8-13/h3-10,12H,2,11H2,1H3/b18-12-. The molecule has 0 amide bonds. The van der Waals surface area contributed by atoms with Gasteiger partial charge in [-0.15, -0.1) is 0 Å². The molecule has 0 unspecified atom stereocenters. The molecule has 0 N–H and O–H groups in total. The summed E-state index contributed by atoms with van der Waals surface area (Å²) in [6, 6.07) is 14.6. The number of thiazole rings is 1. The van der Waals surface area contributed by atoms with Crippen molar-refractivity contribution in [3.05, 3.63) is 95.6 Å². The van der Waals surface area contributed by atoms with Crippen LogP contribution in [0.4, 0.5) is 0 Å². The largest absolute Gasteiger partial charge is 0.493 e. The summed E-state index contributed by atoms with van der Waals surface area (Å²) in [4.78, 5) is 29.5. The lowest BCUT2D eigenvalue weighted by molar-refractivity contribution is 0.339. The number of halogens is 1. The summed E-state index contributed by atoms with van der Waals surface area (Å²) in [5.41, 5.74) is 1.09. The fraction of sp³-hybridized carbons (Fsp3) is 0.143. The highest BCUT2D eigenvalue weighted by Gasteiger charge is 2.12. The number of hydrogen-bond donors (Lipinski definition) is 0. The second-order valence-corrected chi connectivity index (χ2v) is 7.69. The lowest BCUT2D eigenvalue weighted by Gasteiger charge is -2.05. The Morgan fingerprint density at radius 2 is 1.90 bits per heavy atom. The van der Waals surface area contributed by atoms with Gasteiger partial charge in [-0.25, -0.2) is 0 Å². The minimum Gasteiger partial charge on any atom is -0.493 e. The van der Waals surface area contributed by atoms with E-state index in [0.29, 0.717) is 21.9 Å². The van der Waals surface area contributed by atoms with Crippen LogP contribution in [0.25, 0.3) is 11.0 Å². The Labute approximate surface area is 174 Å². The van der Waals surface area contributed by atoms with E-state index in [1.165, 1.54) is 4.52 Å². The molecule has 146 valence electrons. The molecule has 0 aliphatic heterocycles. The molecule has 0 bridgehead atoms. The summed E-state index contributed by atoms with van der Waals surface area (Å²) >= 11 is 7.02. The highest BCUT2D eigenvalue weighted by atomic mass is 35.5. The number of ether oxygens (including phenoxy) is 1. The van der Waals surface area contributed by atoms with Crippen LogP contribution >= 0.6 is 22.9 Å². The molecule has 0 radical (unpaired) electrons. The molecule has 8 heteroatoms. The van der Waals surface area contributed by atoms with Gasteiger partial charge in [0.2, 0.25) is 4.96 Å². The van der Waals surface area contributed by atoms with Crippen LogP contribution in [0.1, 0.15) is 23.7 Å². The molecule has 0 aliphatic rings. The van der Waals surface area contributed by atoms with Crippen LogP contribution in [0.15, 0.2) is 58.1 Å². The van der Waals surface area contributed by atoms with Crippen LogP contribution in [0, 0.1) is 0 Å². The van der Waals surface area contributed by atoms with Crippen LogP contribution in [0.5, 0.6) is 5.75 Å². The number of hydrogen-bond acceptors (Lipinski definition) is 6. The first-order chi connectivity index (χ1) is 14.0. The molecule has 6 nitrogen and oxygen atoms in total. The summed E-state index contributed by atoms with van der Waals surface area (Å²) in [5, 5.41) is 4.88. The highest BCUT2D eigenvalue weighted by molar-refractivity contribution is 7.15. The second kappa shape index (κ2) is 8.14. The maximum atomic E-state index is 12.8. The Bertz CT molecular complexity index is 1350. The van der Waals surface area contributed by atoms with Crippen molar-refractivity contribution < 1.29 is 4.74 Å². The van der Waals surface area contributed by atoms with Crippen LogP contribution in [0.2, 0.25) is 5.02 Å². The fourth-order valence-corrected chi connectivity index (χ4v) is 3.90. The minimum absolute atomic E-state index is 0.209. The monoisotopic (exact) mass is 425 g/mol. The van der Waals surface area contributed by atoms with E-state index in [9.17, 15) is 9.59 Å². The second-order valence-electron chi connectivity index (χ2n) is 6.25. The van der Waals surface area contributed by atoms with E-state index in [4.69, 9.17) is 16.3 Å². The molecule has 4 aromatic rings. The molecule has 29 heavy (non-hydrogen) atoms. The summed E-state index contributed by atoms with van der Waals surface area (Å²) in [6.07, 6.45) is 2.01.